The number of rotatable bonds is 5. The lowest BCUT2D eigenvalue weighted by molar-refractivity contribution is -0.119. The third kappa shape index (κ3) is 4.37. The van der Waals surface area contributed by atoms with Gasteiger partial charge in [-0.2, -0.15) is 0 Å². The highest BCUT2D eigenvalue weighted by molar-refractivity contribution is 6.42. The van der Waals surface area contributed by atoms with Crippen LogP contribution in [0.2, 0.25) is 10.0 Å². The molecule has 6 nitrogen and oxygen atoms in total. The number of hydrogen-bond donors (Lipinski definition) is 1. The molecule has 0 aliphatic carbocycles. The second-order valence-electron chi connectivity index (χ2n) is 5.03. The summed E-state index contributed by atoms with van der Waals surface area (Å²) in [4.78, 5) is 35.1. The van der Waals surface area contributed by atoms with Crippen LogP contribution < -0.4 is 5.32 Å². The number of nitrogens with zero attached hydrogens (tertiary/aromatic N) is 1. The number of hydrogen-bond acceptors (Lipinski definition) is 4. The Hall–Kier alpha value is -2.31. The molecule has 0 aliphatic rings. The van der Waals surface area contributed by atoms with Crippen molar-refractivity contribution in [1.29, 1.82) is 0 Å². The van der Waals surface area contributed by atoms with Gasteiger partial charge in [-0.15, -0.1) is 0 Å². The molecule has 24 heavy (non-hydrogen) atoms. The summed E-state index contributed by atoms with van der Waals surface area (Å²) in [6.45, 7) is 0.925. The molecule has 1 aromatic carbocycles. The van der Waals surface area contributed by atoms with Crippen LogP contribution in [0.4, 0.5) is 5.69 Å². The first-order chi connectivity index (χ1) is 11.3. The van der Waals surface area contributed by atoms with Crippen LogP contribution in [-0.4, -0.2) is 28.8 Å². The minimum Gasteiger partial charge on any atom is -0.451 e. The van der Waals surface area contributed by atoms with Crippen LogP contribution in [0.25, 0.3) is 0 Å². The normalized spacial score (nSPS) is 10.3. The summed E-state index contributed by atoms with van der Waals surface area (Å²) in [6, 6.07) is 6.02. The van der Waals surface area contributed by atoms with Crippen molar-refractivity contribution in [1.82, 2.24) is 4.57 Å². The molecule has 0 radical (unpaired) electrons. The summed E-state index contributed by atoms with van der Waals surface area (Å²) in [5.74, 6) is -1.39. The van der Waals surface area contributed by atoms with Gasteiger partial charge in [-0.05, 0) is 31.2 Å². The lowest BCUT2D eigenvalue weighted by atomic mass is 10.2. The number of nitrogens with one attached hydrogen (secondary N) is 1. The van der Waals surface area contributed by atoms with Crippen LogP contribution in [0, 0.1) is 0 Å². The van der Waals surface area contributed by atoms with Gasteiger partial charge in [0.2, 0.25) is 0 Å². The quantitative estimate of drug-likeness (QED) is 0.648. The van der Waals surface area contributed by atoms with E-state index in [4.69, 9.17) is 27.9 Å². The van der Waals surface area contributed by atoms with Crippen LogP contribution in [-0.2, 0) is 16.6 Å². The van der Waals surface area contributed by atoms with Gasteiger partial charge < -0.3 is 14.6 Å². The summed E-state index contributed by atoms with van der Waals surface area (Å²) in [5.41, 5.74) is 1.01. The molecule has 0 fully saturated rings. The minimum atomic E-state index is -0.700. The zero-order valence-corrected chi connectivity index (χ0v) is 14.4. The summed E-state index contributed by atoms with van der Waals surface area (Å²) in [7, 11) is 1.61. The minimum absolute atomic E-state index is 0.165. The topological polar surface area (TPSA) is 77.4 Å². The maximum atomic E-state index is 12.0. The van der Waals surface area contributed by atoms with Crippen molar-refractivity contribution < 1.29 is 19.1 Å². The Morgan fingerprint density at radius 1 is 1.17 bits per heavy atom. The second kappa shape index (κ2) is 7.51. The molecule has 0 bridgehead atoms. The summed E-state index contributed by atoms with van der Waals surface area (Å²) < 4.78 is 6.42. The lowest BCUT2D eigenvalue weighted by Gasteiger charge is -2.07. The molecular formula is C16H14Cl2N2O4. The number of carbonyl (C=O) groups is 3. The largest absolute Gasteiger partial charge is 0.451 e. The van der Waals surface area contributed by atoms with Gasteiger partial charge in [0, 0.05) is 24.5 Å². The molecule has 1 heterocycles. The zero-order chi connectivity index (χ0) is 17.9. The Balaban J connectivity index is 1.94. The molecule has 0 atom stereocenters. The molecule has 0 spiro atoms. The predicted molar refractivity (Wildman–Crippen MR) is 90.8 cm³/mol. The van der Waals surface area contributed by atoms with Gasteiger partial charge in [-0.3, -0.25) is 9.59 Å². The number of Topliss-reactive ketones (excluding diaryl/α,β-unsaturated/α-hetero) is 1. The van der Waals surface area contributed by atoms with E-state index in [9.17, 15) is 14.4 Å². The van der Waals surface area contributed by atoms with E-state index in [1.165, 1.54) is 29.8 Å². The van der Waals surface area contributed by atoms with Crippen LogP contribution >= 0.6 is 23.2 Å². The number of halogens is 2. The Morgan fingerprint density at radius 3 is 2.46 bits per heavy atom. The number of amides is 1. The number of aryl methyl sites for hydroxylation is 1. The van der Waals surface area contributed by atoms with Gasteiger partial charge in [0.25, 0.3) is 5.91 Å². The Bertz CT molecular complexity index is 814. The highest BCUT2D eigenvalue weighted by atomic mass is 35.5. The average Bonchev–Trinajstić information content (AvgIpc) is 2.91. The van der Waals surface area contributed by atoms with Crippen molar-refractivity contribution in [2.75, 3.05) is 11.9 Å². The van der Waals surface area contributed by atoms with E-state index in [0.717, 1.165) is 0 Å². The van der Waals surface area contributed by atoms with Crippen molar-refractivity contribution in [2.24, 2.45) is 7.05 Å². The van der Waals surface area contributed by atoms with Crippen molar-refractivity contribution in [3.63, 3.8) is 0 Å². The third-order valence-electron chi connectivity index (χ3n) is 3.16. The Morgan fingerprint density at radius 2 is 1.88 bits per heavy atom. The van der Waals surface area contributed by atoms with Crippen molar-refractivity contribution >= 4 is 46.5 Å². The Labute approximate surface area is 148 Å². The number of aromatic nitrogens is 1. The number of ether oxygens (including phenoxy) is 1. The smallest absolute Gasteiger partial charge is 0.355 e. The van der Waals surface area contributed by atoms with E-state index in [1.54, 1.807) is 19.2 Å². The fourth-order valence-corrected chi connectivity index (χ4v) is 2.23. The molecule has 0 aliphatic heterocycles. The molecule has 1 aromatic heterocycles. The van der Waals surface area contributed by atoms with Crippen molar-refractivity contribution in [2.45, 2.75) is 6.92 Å². The average molecular weight is 369 g/mol. The summed E-state index contributed by atoms with van der Waals surface area (Å²) >= 11 is 11.6. The number of benzene rings is 1. The molecular weight excluding hydrogens is 355 g/mol. The summed E-state index contributed by atoms with van der Waals surface area (Å²) in [6.07, 6.45) is 1.52. The van der Waals surface area contributed by atoms with Gasteiger partial charge in [0.15, 0.2) is 12.4 Å². The van der Waals surface area contributed by atoms with E-state index < -0.39 is 18.5 Å². The standard InChI is InChI=1S/C16H14Cl2N2O4/c1-9(21)10-5-14(20(2)7-10)16(23)24-8-15(22)19-11-3-4-12(17)13(18)6-11/h3-7H,8H2,1-2H3,(H,19,22). The van der Waals surface area contributed by atoms with Gasteiger partial charge in [0.05, 0.1) is 10.0 Å². The van der Waals surface area contributed by atoms with E-state index in [2.05, 4.69) is 5.32 Å². The monoisotopic (exact) mass is 368 g/mol. The highest BCUT2D eigenvalue weighted by Crippen LogP contribution is 2.24. The van der Waals surface area contributed by atoms with Gasteiger partial charge in [-0.1, -0.05) is 23.2 Å². The first-order valence-electron chi connectivity index (χ1n) is 6.87. The van der Waals surface area contributed by atoms with Crippen molar-refractivity contribution in [3.05, 3.63) is 51.8 Å². The molecule has 8 heteroatoms. The first-order valence-corrected chi connectivity index (χ1v) is 7.63. The zero-order valence-electron chi connectivity index (χ0n) is 12.9. The molecule has 0 saturated carbocycles. The molecule has 1 N–H and O–H groups in total. The van der Waals surface area contributed by atoms with Crippen LogP contribution in [0.5, 0.6) is 0 Å². The Kier molecular flexibility index (Phi) is 5.64. The van der Waals surface area contributed by atoms with Crippen LogP contribution in [0.1, 0.15) is 27.8 Å². The van der Waals surface area contributed by atoms with Crippen LogP contribution in [0.15, 0.2) is 30.5 Å². The molecule has 0 unspecified atom stereocenters. The first kappa shape index (κ1) is 18.0. The number of anilines is 1. The second-order valence-corrected chi connectivity index (χ2v) is 5.85. The predicted octanol–water partition coefficient (Wildman–Crippen LogP) is 3.33. The maximum absolute atomic E-state index is 12.0. The fraction of sp³-hybridized carbons (Fsp3) is 0.188. The van der Waals surface area contributed by atoms with Crippen LogP contribution in [0.3, 0.4) is 0 Å². The molecule has 0 saturated heterocycles. The third-order valence-corrected chi connectivity index (χ3v) is 3.90. The molecule has 126 valence electrons. The maximum Gasteiger partial charge on any atom is 0.355 e. The fourth-order valence-electron chi connectivity index (χ4n) is 1.94. The van der Waals surface area contributed by atoms with E-state index in [1.807, 2.05) is 0 Å². The number of carbonyl (C=O) groups excluding carboxylic acids is 3. The van der Waals surface area contributed by atoms with E-state index in [0.29, 0.717) is 21.3 Å². The SMILES string of the molecule is CC(=O)c1cc(C(=O)OCC(=O)Nc2ccc(Cl)c(Cl)c2)n(C)c1. The number of esters is 1. The van der Waals surface area contributed by atoms with Crippen molar-refractivity contribution in [3.8, 4) is 0 Å². The highest BCUT2D eigenvalue weighted by Gasteiger charge is 2.16. The van der Waals surface area contributed by atoms with Gasteiger partial charge >= 0.3 is 5.97 Å². The molecule has 2 rings (SSSR count). The van der Waals surface area contributed by atoms with E-state index >= 15 is 0 Å². The van der Waals surface area contributed by atoms with E-state index in [-0.39, 0.29) is 11.5 Å². The van der Waals surface area contributed by atoms with Gasteiger partial charge in [-0.25, -0.2) is 4.79 Å². The number of ketones is 1. The molecule has 2 aromatic rings. The molecule has 1 amide bonds. The van der Waals surface area contributed by atoms with Gasteiger partial charge in [0.1, 0.15) is 5.69 Å². The summed E-state index contributed by atoms with van der Waals surface area (Å²) in [5, 5.41) is 3.20. The lowest BCUT2D eigenvalue weighted by Crippen LogP contribution is -2.21.